The Morgan fingerprint density at radius 3 is 2.21 bits per heavy atom. The molecule has 0 aliphatic carbocycles. The van der Waals surface area contributed by atoms with Gasteiger partial charge >= 0.3 is 0 Å². The average Bonchev–Trinajstić information content (AvgIpc) is 2.94. The fourth-order valence-electron chi connectivity index (χ4n) is 3.72. The lowest BCUT2D eigenvalue weighted by molar-refractivity contribution is 0.101. The number of hydrogen-bond acceptors (Lipinski definition) is 4. The van der Waals surface area contributed by atoms with Crippen LogP contribution >= 0.6 is 0 Å². The number of phenolic OH excluding ortho intramolecular Hbond substituents is 1. The number of allylic oxidation sites excluding steroid dienone is 1. The molecule has 0 atom stereocenters. The fraction of sp³-hybridized carbons (Fsp3) is 0.400. The summed E-state index contributed by atoms with van der Waals surface area (Å²) in [4.78, 5) is 15.2. The molecule has 0 fully saturated rings. The molecule has 0 amide bonds. The number of aryl methyl sites for hydroxylation is 1. The van der Waals surface area contributed by atoms with Crippen LogP contribution in [0.1, 0.15) is 54.7 Å². The van der Waals surface area contributed by atoms with Crippen molar-refractivity contribution in [2.24, 2.45) is 11.8 Å². The third kappa shape index (κ3) is 5.07. The summed E-state index contributed by atoms with van der Waals surface area (Å²) >= 11 is 0. The molecule has 0 unspecified atom stereocenters. The molecule has 1 aliphatic rings. The Labute approximate surface area is 173 Å². The van der Waals surface area contributed by atoms with Crippen LogP contribution in [0.5, 0.6) is 11.5 Å². The zero-order chi connectivity index (χ0) is 21.1. The first-order valence-electron chi connectivity index (χ1n) is 10.3. The molecule has 0 saturated carbocycles. The second-order valence-corrected chi connectivity index (χ2v) is 8.77. The molecule has 1 N–H and O–H groups in total. The predicted octanol–water partition coefficient (Wildman–Crippen LogP) is 5.43. The molecule has 1 heterocycles. The Bertz CT molecular complexity index is 900. The van der Waals surface area contributed by atoms with Crippen LogP contribution in [-0.2, 0) is 6.54 Å². The highest BCUT2D eigenvalue weighted by atomic mass is 16.5. The van der Waals surface area contributed by atoms with E-state index in [-0.39, 0.29) is 11.5 Å². The molecule has 0 saturated heterocycles. The number of carbonyl (C=O) groups is 1. The number of phenols is 1. The fourth-order valence-corrected chi connectivity index (χ4v) is 3.72. The molecule has 4 nitrogen and oxygen atoms in total. The molecule has 29 heavy (non-hydrogen) atoms. The van der Waals surface area contributed by atoms with Gasteiger partial charge in [-0.1, -0.05) is 57.5 Å². The van der Waals surface area contributed by atoms with Crippen LogP contribution in [0.4, 0.5) is 0 Å². The average molecular weight is 394 g/mol. The number of aromatic hydroxyl groups is 1. The van der Waals surface area contributed by atoms with Crippen molar-refractivity contribution in [3.05, 3.63) is 64.4 Å². The van der Waals surface area contributed by atoms with Crippen LogP contribution < -0.4 is 4.74 Å². The van der Waals surface area contributed by atoms with Gasteiger partial charge in [0.1, 0.15) is 11.5 Å². The number of carbonyl (C=O) groups excluding carboxylic acids is 1. The van der Waals surface area contributed by atoms with Gasteiger partial charge in [-0.2, -0.15) is 0 Å². The van der Waals surface area contributed by atoms with Crippen molar-refractivity contribution >= 4 is 11.9 Å². The zero-order valence-corrected chi connectivity index (χ0v) is 18.0. The Morgan fingerprint density at radius 2 is 1.62 bits per heavy atom. The van der Waals surface area contributed by atoms with E-state index in [1.165, 1.54) is 0 Å². The summed E-state index contributed by atoms with van der Waals surface area (Å²) in [5.41, 5.74) is 3.28. The first-order valence-corrected chi connectivity index (χ1v) is 10.3. The summed E-state index contributed by atoms with van der Waals surface area (Å²) in [5.74, 6) is 1.84. The lowest BCUT2D eigenvalue weighted by atomic mass is 10.0. The summed E-state index contributed by atoms with van der Waals surface area (Å²) < 4.78 is 6.00. The highest BCUT2D eigenvalue weighted by Crippen LogP contribution is 2.40. The molecule has 0 spiro atoms. The van der Waals surface area contributed by atoms with Crippen molar-refractivity contribution < 1.29 is 14.6 Å². The molecule has 2 aromatic carbocycles. The van der Waals surface area contributed by atoms with E-state index in [0.717, 1.165) is 24.2 Å². The van der Waals surface area contributed by atoms with Crippen molar-refractivity contribution in [3.8, 4) is 11.5 Å². The van der Waals surface area contributed by atoms with Gasteiger partial charge in [0.2, 0.25) is 5.78 Å². The van der Waals surface area contributed by atoms with Crippen LogP contribution in [0.3, 0.4) is 0 Å². The van der Waals surface area contributed by atoms with Crippen LogP contribution in [0, 0.1) is 18.8 Å². The molecule has 154 valence electrons. The van der Waals surface area contributed by atoms with Crippen LogP contribution in [0.15, 0.2) is 42.2 Å². The third-order valence-electron chi connectivity index (χ3n) is 4.92. The van der Waals surface area contributed by atoms with E-state index in [1.807, 2.05) is 31.2 Å². The van der Waals surface area contributed by atoms with Crippen molar-refractivity contribution in [1.82, 2.24) is 4.90 Å². The van der Waals surface area contributed by atoms with E-state index in [4.69, 9.17) is 4.74 Å². The van der Waals surface area contributed by atoms with Crippen LogP contribution in [0.2, 0.25) is 0 Å². The predicted molar refractivity (Wildman–Crippen MR) is 117 cm³/mol. The van der Waals surface area contributed by atoms with Gasteiger partial charge in [0, 0.05) is 19.6 Å². The standard InChI is InChI=1S/C25H31NO3/c1-16(2)13-26(14-17(3)4)15-21-22(27)11-10-20-24(28)23(29-25(20)21)12-19-8-6-18(5)7-9-19/h6-12,16-17,27H,13-15H2,1-5H3/b23-12+. The van der Waals surface area contributed by atoms with Gasteiger partial charge < -0.3 is 9.84 Å². The second-order valence-electron chi connectivity index (χ2n) is 8.77. The van der Waals surface area contributed by atoms with E-state index in [1.54, 1.807) is 18.2 Å². The molecule has 0 radical (unpaired) electrons. The number of nitrogens with zero attached hydrogens (tertiary/aromatic N) is 1. The van der Waals surface area contributed by atoms with Crippen LogP contribution in [-0.4, -0.2) is 28.9 Å². The van der Waals surface area contributed by atoms with E-state index in [2.05, 4.69) is 32.6 Å². The first-order chi connectivity index (χ1) is 13.7. The van der Waals surface area contributed by atoms with Gasteiger partial charge in [0.15, 0.2) is 5.76 Å². The van der Waals surface area contributed by atoms with E-state index in [0.29, 0.717) is 41.0 Å². The monoisotopic (exact) mass is 393 g/mol. The smallest absolute Gasteiger partial charge is 0.231 e. The molecule has 0 bridgehead atoms. The number of Topliss-reactive ketones (excluding diaryl/α,β-unsaturated/α-hetero) is 1. The van der Waals surface area contributed by atoms with E-state index in [9.17, 15) is 9.90 Å². The summed E-state index contributed by atoms with van der Waals surface area (Å²) in [7, 11) is 0. The van der Waals surface area contributed by atoms with E-state index >= 15 is 0 Å². The topological polar surface area (TPSA) is 49.8 Å². The summed E-state index contributed by atoms with van der Waals surface area (Å²) in [6, 6.07) is 11.2. The molecule has 1 aliphatic heterocycles. The minimum atomic E-state index is -0.138. The molecule has 0 aromatic heterocycles. The van der Waals surface area contributed by atoms with Gasteiger partial charge in [-0.15, -0.1) is 0 Å². The molecular weight excluding hydrogens is 362 g/mol. The van der Waals surface area contributed by atoms with Crippen molar-refractivity contribution in [2.45, 2.75) is 41.2 Å². The summed E-state index contributed by atoms with van der Waals surface area (Å²) in [6.07, 6.45) is 1.77. The Morgan fingerprint density at radius 1 is 1.00 bits per heavy atom. The number of rotatable bonds is 7. The number of hydrogen-bond donors (Lipinski definition) is 1. The molecule has 2 aromatic rings. The quantitative estimate of drug-likeness (QED) is 0.637. The highest BCUT2D eigenvalue weighted by molar-refractivity contribution is 6.15. The summed E-state index contributed by atoms with van der Waals surface area (Å²) in [6.45, 7) is 13.2. The van der Waals surface area contributed by atoms with Gasteiger partial charge in [0.25, 0.3) is 0 Å². The number of ether oxygens (including phenoxy) is 1. The van der Waals surface area contributed by atoms with Crippen molar-refractivity contribution in [1.29, 1.82) is 0 Å². The van der Waals surface area contributed by atoms with Crippen molar-refractivity contribution in [2.75, 3.05) is 13.1 Å². The molecule has 4 heteroatoms. The zero-order valence-electron chi connectivity index (χ0n) is 18.0. The Kier molecular flexibility index (Phi) is 6.43. The Hall–Kier alpha value is -2.59. The normalized spacial score (nSPS) is 14.9. The van der Waals surface area contributed by atoms with Gasteiger partial charge in [0.05, 0.1) is 11.1 Å². The van der Waals surface area contributed by atoms with E-state index < -0.39 is 0 Å². The maximum absolute atomic E-state index is 12.9. The lowest BCUT2D eigenvalue weighted by Gasteiger charge is -2.27. The summed E-state index contributed by atoms with van der Waals surface area (Å²) in [5, 5.41) is 10.5. The van der Waals surface area contributed by atoms with Crippen molar-refractivity contribution in [3.63, 3.8) is 0 Å². The molecule has 3 rings (SSSR count). The maximum Gasteiger partial charge on any atom is 0.231 e. The number of ketones is 1. The minimum Gasteiger partial charge on any atom is -0.507 e. The first kappa shape index (κ1) is 21.1. The second kappa shape index (κ2) is 8.83. The third-order valence-corrected chi connectivity index (χ3v) is 4.92. The van der Waals surface area contributed by atoms with Gasteiger partial charge in [-0.05, 0) is 42.5 Å². The molecular formula is C25H31NO3. The number of fused-ring (bicyclic) bond motifs is 1. The lowest BCUT2D eigenvalue weighted by Crippen LogP contribution is -2.31. The SMILES string of the molecule is Cc1ccc(/C=C2/Oc3c(ccc(O)c3CN(CC(C)C)CC(C)C)C2=O)cc1. The number of benzene rings is 2. The van der Waals surface area contributed by atoms with Gasteiger partial charge in [-0.25, -0.2) is 0 Å². The Balaban J connectivity index is 1.92. The highest BCUT2D eigenvalue weighted by Gasteiger charge is 2.31. The van der Waals surface area contributed by atoms with Crippen LogP contribution in [0.25, 0.3) is 6.08 Å². The minimum absolute atomic E-state index is 0.138. The maximum atomic E-state index is 12.9. The largest absolute Gasteiger partial charge is 0.507 e. The van der Waals surface area contributed by atoms with Gasteiger partial charge in [-0.3, -0.25) is 9.69 Å².